The highest BCUT2D eigenvalue weighted by molar-refractivity contribution is 5.80. The molecule has 0 atom stereocenters. The highest BCUT2D eigenvalue weighted by Crippen LogP contribution is 2.09. The van der Waals surface area contributed by atoms with Crippen LogP contribution in [0.5, 0.6) is 0 Å². The maximum atomic E-state index is 11.5. The number of aromatic nitrogens is 2. The first-order valence-corrected chi connectivity index (χ1v) is 9.49. The van der Waals surface area contributed by atoms with Gasteiger partial charge in [-0.2, -0.15) is 5.10 Å². The maximum absolute atomic E-state index is 11.5. The van der Waals surface area contributed by atoms with Crippen molar-refractivity contribution in [1.29, 1.82) is 0 Å². The molecule has 7 nitrogen and oxygen atoms in total. The van der Waals surface area contributed by atoms with Gasteiger partial charge in [-0.1, -0.05) is 24.3 Å². The van der Waals surface area contributed by atoms with E-state index in [1.54, 1.807) is 13.1 Å². The van der Waals surface area contributed by atoms with E-state index in [-0.39, 0.29) is 5.91 Å². The first-order chi connectivity index (χ1) is 13.2. The van der Waals surface area contributed by atoms with Gasteiger partial charge in [-0.05, 0) is 24.1 Å². The van der Waals surface area contributed by atoms with E-state index in [1.807, 2.05) is 21.8 Å². The molecule has 1 N–H and O–H groups in total. The molecule has 0 bridgehead atoms. The molecular weight excluding hydrogens is 340 g/mol. The SMILES string of the molecule is CCNC(=NCc1cccc(Cn2cccn2)c1)N1CCN(C(C)=O)CC1. The first kappa shape index (κ1) is 18.9. The molecule has 2 heterocycles. The fourth-order valence-electron chi connectivity index (χ4n) is 3.23. The zero-order valence-electron chi connectivity index (χ0n) is 16.1. The number of hydrogen-bond acceptors (Lipinski definition) is 3. The van der Waals surface area contributed by atoms with Gasteiger partial charge in [-0.15, -0.1) is 0 Å². The molecule has 144 valence electrons. The number of guanidine groups is 1. The van der Waals surface area contributed by atoms with Crippen molar-refractivity contribution >= 4 is 11.9 Å². The van der Waals surface area contributed by atoms with Gasteiger partial charge in [0.15, 0.2) is 5.96 Å². The minimum absolute atomic E-state index is 0.144. The summed E-state index contributed by atoms with van der Waals surface area (Å²) in [5, 5.41) is 7.64. The second-order valence-electron chi connectivity index (χ2n) is 6.69. The van der Waals surface area contributed by atoms with Crippen LogP contribution in [-0.4, -0.2) is 64.2 Å². The van der Waals surface area contributed by atoms with Crippen LogP contribution in [0.2, 0.25) is 0 Å². The second kappa shape index (κ2) is 9.21. The molecule has 3 rings (SSSR count). The van der Waals surface area contributed by atoms with Crippen molar-refractivity contribution in [2.45, 2.75) is 26.9 Å². The summed E-state index contributed by atoms with van der Waals surface area (Å²) >= 11 is 0. The molecule has 0 saturated carbocycles. The predicted molar refractivity (Wildman–Crippen MR) is 106 cm³/mol. The van der Waals surface area contributed by atoms with Gasteiger partial charge in [0.05, 0.1) is 13.1 Å². The lowest BCUT2D eigenvalue weighted by molar-refractivity contribution is -0.130. The lowest BCUT2D eigenvalue weighted by Crippen LogP contribution is -2.53. The Morgan fingerprint density at radius 2 is 1.89 bits per heavy atom. The second-order valence-corrected chi connectivity index (χ2v) is 6.69. The van der Waals surface area contributed by atoms with Crippen molar-refractivity contribution in [2.75, 3.05) is 32.7 Å². The first-order valence-electron chi connectivity index (χ1n) is 9.49. The van der Waals surface area contributed by atoms with Gasteiger partial charge in [-0.3, -0.25) is 9.48 Å². The van der Waals surface area contributed by atoms with Crippen LogP contribution in [0, 0.1) is 0 Å². The van der Waals surface area contributed by atoms with Crippen LogP contribution >= 0.6 is 0 Å². The number of amides is 1. The van der Waals surface area contributed by atoms with E-state index in [4.69, 9.17) is 4.99 Å². The lowest BCUT2D eigenvalue weighted by atomic mass is 10.1. The Morgan fingerprint density at radius 1 is 1.15 bits per heavy atom. The predicted octanol–water partition coefficient (Wildman–Crippen LogP) is 1.56. The summed E-state index contributed by atoms with van der Waals surface area (Å²) < 4.78 is 1.92. The van der Waals surface area contributed by atoms with Crippen molar-refractivity contribution in [3.63, 3.8) is 0 Å². The normalized spacial score (nSPS) is 15.1. The van der Waals surface area contributed by atoms with Crippen molar-refractivity contribution in [3.05, 3.63) is 53.9 Å². The van der Waals surface area contributed by atoms with E-state index in [0.29, 0.717) is 6.54 Å². The third kappa shape index (κ3) is 5.32. The molecule has 0 spiro atoms. The molecule has 0 radical (unpaired) electrons. The van der Waals surface area contributed by atoms with Gasteiger partial charge in [0.2, 0.25) is 5.91 Å². The number of carbonyl (C=O) groups excluding carboxylic acids is 1. The number of nitrogens with one attached hydrogen (secondary N) is 1. The molecular formula is C20H28N6O. The molecule has 1 aliphatic heterocycles. The molecule has 7 heteroatoms. The quantitative estimate of drug-likeness (QED) is 0.643. The summed E-state index contributed by atoms with van der Waals surface area (Å²) in [4.78, 5) is 20.5. The van der Waals surface area contributed by atoms with Gasteiger partial charge >= 0.3 is 0 Å². The Morgan fingerprint density at radius 3 is 2.56 bits per heavy atom. The number of benzene rings is 1. The van der Waals surface area contributed by atoms with Crippen LogP contribution in [0.15, 0.2) is 47.7 Å². The molecule has 1 aliphatic rings. The Hall–Kier alpha value is -2.83. The van der Waals surface area contributed by atoms with E-state index in [1.165, 1.54) is 11.1 Å². The topological polar surface area (TPSA) is 65.8 Å². The summed E-state index contributed by atoms with van der Waals surface area (Å²) in [7, 11) is 0. The zero-order valence-corrected chi connectivity index (χ0v) is 16.1. The highest BCUT2D eigenvalue weighted by Gasteiger charge is 2.20. The van der Waals surface area contributed by atoms with Gasteiger partial charge in [0.25, 0.3) is 0 Å². The minimum atomic E-state index is 0.144. The average Bonchev–Trinajstić information content (AvgIpc) is 3.18. The van der Waals surface area contributed by atoms with E-state index >= 15 is 0 Å². The molecule has 2 aromatic rings. The summed E-state index contributed by atoms with van der Waals surface area (Å²) in [6, 6.07) is 10.4. The maximum Gasteiger partial charge on any atom is 0.219 e. The standard InChI is InChI=1S/C20H28N6O/c1-3-21-20(25-12-10-24(11-13-25)17(2)27)22-15-18-6-4-7-19(14-18)16-26-9-5-8-23-26/h4-9,14H,3,10-13,15-16H2,1-2H3,(H,21,22). The molecule has 1 aromatic heterocycles. The zero-order chi connectivity index (χ0) is 19.1. The summed E-state index contributed by atoms with van der Waals surface area (Å²) in [5.74, 6) is 1.06. The molecule has 0 unspecified atom stereocenters. The Balaban J connectivity index is 1.64. The number of aliphatic imine (C=N–C) groups is 1. The van der Waals surface area contributed by atoms with Gasteiger partial charge in [0, 0.05) is 52.0 Å². The van der Waals surface area contributed by atoms with Gasteiger partial charge in [-0.25, -0.2) is 4.99 Å². The molecule has 27 heavy (non-hydrogen) atoms. The molecule has 0 aliphatic carbocycles. The van der Waals surface area contributed by atoms with Crippen molar-refractivity contribution in [3.8, 4) is 0 Å². The lowest BCUT2D eigenvalue weighted by Gasteiger charge is -2.36. The largest absolute Gasteiger partial charge is 0.357 e. The third-order valence-corrected chi connectivity index (χ3v) is 4.67. The van der Waals surface area contributed by atoms with E-state index < -0.39 is 0 Å². The number of hydrogen-bond donors (Lipinski definition) is 1. The van der Waals surface area contributed by atoms with Crippen molar-refractivity contribution in [1.82, 2.24) is 24.9 Å². The van der Waals surface area contributed by atoms with Crippen LogP contribution < -0.4 is 5.32 Å². The summed E-state index contributed by atoms with van der Waals surface area (Å²) in [6.45, 7) is 9.04. The van der Waals surface area contributed by atoms with Crippen molar-refractivity contribution < 1.29 is 4.79 Å². The van der Waals surface area contributed by atoms with Gasteiger partial charge in [0.1, 0.15) is 0 Å². The number of nitrogens with zero attached hydrogens (tertiary/aromatic N) is 5. The fourth-order valence-corrected chi connectivity index (χ4v) is 3.23. The van der Waals surface area contributed by atoms with Crippen LogP contribution in [0.25, 0.3) is 0 Å². The average molecular weight is 368 g/mol. The van der Waals surface area contributed by atoms with Crippen molar-refractivity contribution in [2.24, 2.45) is 4.99 Å². The smallest absolute Gasteiger partial charge is 0.219 e. The van der Waals surface area contributed by atoms with E-state index in [2.05, 4.69) is 46.5 Å². The molecule has 1 amide bonds. The molecule has 1 fully saturated rings. The van der Waals surface area contributed by atoms with Crippen LogP contribution in [0.4, 0.5) is 0 Å². The molecule has 1 aromatic carbocycles. The number of carbonyl (C=O) groups is 1. The van der Waals surface area contributed by atoms with Crippen LogP contribution in [-0.2, 0) is 17.9 Å². The summed E-state index contributed by atoms with van der Waals surface area (Å²) in [5.41, 5.74) is 2.39. The Bertz CT molecular complexity index is 763. The third-order valence-electron chi connectivity index (χ3n) is 4.67. The van der Waals surface area contributed by atoms with Crippen LogP contribution in [0.1, 0.15) is 25.0 Å². The Labute approximate surface area is 160 Å². The summed E-state index contributed by atoms with van der Waals surface area (Å²) in [6.07, 6.45) is 3.76. The van der Waals surface area contributed by atoms with Crippen LogP contribution in [0.3, 0.4) is 0 Å². The Kier molecular flexibility index (Phi) is 6.46. The fraction of sp³-hybridized carbons (Fsp3) is 0.450. The number of piperazine rings is 1. The number of rotatable bonds is 5. The van der Waals surface area contributed by atoms with E-state index in [0.717, 1.165) is 45.2 Å². The highest BCUT2D eigenvalue weighted by atomic mass is 16.2. The van der Waals surface area contributed by atoms with E-state index in [9.17, 15) is 4.79 Å². The monoisotopic (exact) mass is 368 g/mol. The molecule has 1 saturated heterocycles. The van der Waals surface area contributed by atoms with Gasteiger partial charge < -0.3 is 15.1 Å². The minimum Gasteiger partial charge on any atom is -0.357 e.